The summed E-state index contributed by atoms with van der Waals surface area (Å²) in [7, 11) is 0. The topological polar surface area (TPSA) is 113 Å². The van der Waals surface area contributed by atoms with E-state index in [4.69, 9.17) is 16.1 Å². The van der Waals surface area contributed by atoms with E-state index in [0.717, 1.165) is 5.69 Å². The van der Waals surface area contributed by atoms with E-state index in [1.54, 1.807) is 24.3 Å². The molecule has 0 aliphatic carbocycles. The molecule has 2 rings (SSSR count). The molecule has 0 unspecified atom stereocenters. The monoisotopic (exact) mass is 297 g/mol. The number of amides is 1. The predicted molar refractivity (Wildman–Crippen MR) is 83.1 cm³/mol. The summed E-state index contributed by atoms with van der Waals surface area (Å²) in [6, 6.07) is 15.8. The number of nitrogens with one attached hydrogen (secondary N) is 2. The maximum Gasteiger partial charge on any atom is 0.255 e. The first-order chi connectivity index (χ1) is 10.7. The Bertz CT molecular complexity index is 668. The molecule has 0 aliphatic rings. The van der Waals surface area contributed by atoms with E-state index in [9.17, 15) is 4.79 Å². The van der Waals surface area contributed by atoms with Gasteiger partial charge in [-0.1, -0.05) is 18.2 Å². The van der Waals surface area contributed by atoms with Crippen molar-refractivity contribution in [2.24, 2.45) is 16.1 Å². The summed E-state index contributed by atoms with van der Waals surface area (Å²) in [5, 5.41) is 9.18. The van der Waals surface area contributed by atoms with Crippen molar-refractivity contribution in [3.8, 4) is 5.75 Å². The minimum Gasteiger partial charge on any atom is -0.485 e. The SMILES string of the molecule is N=NC(COc1ccc(C(=O)Nc2ccccc2)cc1)=NN. The van der Waals surface area contributed by atoms with Crippen LogP contribution in [0.4, 0.5) is 5.69 Å². The summed E-state index contributed by atoms with van der Waals surface area (Å²) in [6.45, 7) is -0.00441. The number of nitrogens with two attached hydrogens (primary N) is 1. The molecule has 2 aromatic rings. The summed E-state index contributed by atoms with van der Waals surface area (Å²) in [5.74, 6) is 5.42. The van der Waals surface area contributed by atoms with Crippen LogP contribution in [0.3, 0.4) is 0 Å². The number of carbonyl (C=O) groups excluding carboxylic acids is 1. The van der Waals surface area contributed by atoms with Crippen LogP contribution in [0.1, 0.15) is 10.4 Å². The lowest BCUT2D eigenvalue weighted by Crippen LogP contribution is -2.12. The fourth-order valence-corrected chi connectivity index (χ4v) is 1.67. The summed E-state index contributed by atoms with van der Waals surface area (Å²) in [6.07, 6.45) is 0. The van der Waals surface area contributed by atoms with E-state index in [-0.39, 0.29) is 18.3 Å². The third kappa shape index (κ3) is 4.14. The van der Waals surface area contributed by atoms with Gasteiger partial charge in [0.05, 0.1) is 0 Å². The normalized spacial score (nSPS) is 10.8. The van der Waals surface area contributed by atoms with Crippen molar-refractivity contribution in [3.63, 3.8) is 0 Å². The number of carbonyl (C=O) groups is 1. The molecule has 7 heteroatoms. The molecule has 0 atom stereocenters. The lowest BCUT2D eigenvalue weighted by atomic mass is 10.2. The second kappa shape index (κ2) is 7.53. The van der Waals surface area contributed by atoms with Crippen LogP contribution in [0.2, 0.25) is 0 Å². The van der Waals surface area contributed by atoms with E-state index in [1.807, 2.05) is 30.3 Å². The molecule has 0 saturated heterocycles. The van der Waals surface area contributed by atoms with Gasteiger partial charge in [-0.05, 0) is 36.4 Å². The van der Waals surface area contributed by atoms with Crippen molar-refractivity contribution in [2.75, 3.05) is 11.9 Å². The van der Waals surface area contributed by atoms with Gasteiger partial charge in [-0.15, -0.1) is 5.11 Å². The Morgan fingerprint density at radius 3 is 2.41 bits per heavy atom. The number of rotatable bonds is 5. The van der Waals surface area contributed by atoms with Crippen molar-refractivity contribution < 1.29 is 9.53 Å². The Hall–Kier alpha value is -3.22. The van der Waals surface area contributed by atoms with Crippen LogP contribution in [-0.4, -0.2) is 18.3 Å². The number of para-hydroxylation sites is 1. The van der Waals surface area contributed by atoms with Crippen molar-refractivity contribution in [1.29, 1.82) is 5.53 Å². The number of benzene rings is 2. The highest BCUT2D eigenvalue weighted by Crippen LogP contribution is 2.14. The highest BCUT2D eigenvalue weighted by atomic mass is 16.5. The highest BCUT2D eigenvalue weighted by molar-refractivity contribution is 6.04. The first-order valence-corrected chi connectivity index (χ1v) is 6.46. The van der Waals surface area contributed by atoms with Gasteiger partial charge < -0.3 is 15.9 Å². The quantitative estimate of drug-likeness (QED) is 0.259. The van der Waals surface area contributed by atoms with Crippen LogP contribution in [-0.2, 0) is 0 Å². The molecule has 7 nitrogen and oxygen atoms in total. The van der Waals surface area contributed by atoms with E-state index in [2.05, 4.69) is 15.5 Å². The Morgan fingerprint density at radius 2 is 1.82 bits per heavy atom. The van der Waals surface area contributed by atoms with E-state index < -0.39 is 0 Å². The average molecular weight is 297 g/mol. The highest BCUT2D eigenvalue weighted by Gasteiger charge is 2.06. The maximum atomic E-state index is 12.1. The molecule has 112 valence electrons. The number of hydrazone groups is 1. The molecule has 1 amide bonds. The molecule has 0 fully saturated rings. The van der Waals surface area contributed by atoms with Crippen LogP contribution >= 0.6 is 0 Å². The molecule has 0 aliphatic heterocycles. The van der Waals surface area contributed by atoms with E-state index in [1.165, 1.54) is 0 Å². The van der Waals surface area contributed by atoms with Crippen molar-refractivity contribution in [2.45, 2.75) is 0 Å². The average Bonchev–Trinajstić information content (AvgIpc) is 2.57. The number of ether oxygens (including phenoxy) is 1. The number of nitrogens with zero attached hydrogens (tertiary/aromatic N) is 2. The zero-order valence-corrected chi connectivity index (χ0v) is 11.7. The van der Waals surface area contributed by atoms with Crippen LogP contribution < -0.4 is 15.9 Å². The Kier molecular flexibility index (Phi) is 5.20. The largest absolute Gasteiger partial charge is 0.485 e. The van der Waals surface area contributed by atoms with Crippen LogP contribution in [0.15, 0.2) is 64.8 Å². The standard InChI is InChI=1S/C15H15N5O2/c16-19-14(20-17)10-22-13-8-6-11(7-9-13)15(21)18-12-4-2-1-3-5-12/h1-9,16H,10,17H2,(H,18,21). The third-order valence-corrected chi connectivity index (χ3v) is 2.79. The van der Waals surface area contributed by atoms with Crippen LogP contribution in [0, 0.1) is 5.53 Å². The van der Waals surface area contributed by atoms with Gasteiger partial charge in [0.2, 0.25) is 5.84 Å². The third-order valence-electron chi connectivity index (χ3n) is 2.79. The number of hydrogen-bond donors (Lipinski definition) is 3. The molecule has 0 spiro atoms. The van der Waals surface area contributed by atoms with Crippen molar-refractivity contribution >= 4 is 17.4 Å². The molecule has 0 saturated carbocycles. The maximum absolute atomic E-state index is 12.1. The number of anilines is 1. The molecule has 0 aromatic heterocycles. The second-order valence-corrected chi connectivity index (χ2v) is 4.29. The Balaban J connectivity index is 1.96. The Labute approximate surface area is 127 Å². The smallest absolute Gasteiger partial charge is 0.255 e. The predicted octanol–water partition coefficient (Wildman–Crippen LogP) is 2.62. The molecule has 0 heterocycles. The summed E-state index contributed by atoms with van der Waals surface area (Å²) < 4.78 is 5.35. The molecule has 0 radical (unpaired) electrons. The summed E-state index contributed by atoms with van der Waals surface area (Å²) in [4.78, 5) is 12.1. The van der Waals surface area contributed by atoms with Gasteiger partial charge in [-0.2, -0.15) is 5.10 Å². The first kappa shape index (κ1) is 15.2. The fraction of sp³-hybridized carbons (Fsp3) is 0.0667. The first-order valence-electron chi connectivity index (χ1n) is 6.46. The molecular weight excluding hydrogens is 282 g/mol. The van der Waals surface area contributed by atoms with Crippen LogP contribution in [0.5, 0.6) is 5.75 Å². The zero-order valence-electron chi connectivity index (χ0n) is 11.7. The molecule has 0 bridgehead atoms. The van der Waals surface area contributed by atoms with Crippen LogP contribution in [0.25, 0.3) is 0 Å². The second-order valence-electron chi connectivity index (χ2n) is 4.29. The Morgan fingerprint density at radius 1 is 1.14 bits per heavy atom. The van der Waals surface area contributed by atoms with Gasteiger partial charge in [-0.3, -0.25) is 4.79 Å². The number of hydrogen-bond acceptors (Lipinski definition) is 5. The van der Waals surface area contributed by atoms with Gasteiger partial charge in [0, 0.05) is 11.3 Å². The van der Waals surface area contributed by atoms with E-state index >= 15 is 0 Å². The van der Waals surface area contributed by atoms with Gasteiger partial charge in [0.15, 0.2) is 6.61 Å². The van der Waals surface area contributed by atoms with E-state index in [0.29, 0.717) is 11.3 Å². The summed E-state index contributed by atoms with van der Waals surface area (Å²) in [5.41, 5.74) is 8.04. The zero-order chi connectivity index (χ0) is 15.8. The fourth-order valence-electron chi connectivity index (χ4n) is 1.67. The minimum absolute atomic E-state index is 0.00441. The van der Waals surface area contributed by atoms with Gasteiger partial charge in [0.1, 0.15) is 5.75 Å². The van der Waals surface area contributed by atoms with Gasteiger partial charge >= 0.3 is 0 Å². The number of amidine groups is 1. The minimum atomic E-state index is -0.205. The van der Waals surface area contributed by atoms with Gasteiger partial charge in [0.25, 0.3) is 5.91 Å². The van der Waals surface area contributed by atoms with Crippen molar-refractivity contribution in [3.05, 3.63) is 60.2 Å². The molecule has 4 N–H and O–H groups in total. The molecule has 2 aromatic carbocycles. The lowest BCUT2D eigenvalue weighted by Gasteiger charge is -2.07. The van der Waals surface area contributed by atoms with Crippen molar-refractivity contribution in [1.82, 2.24) is 0 Å². The molecular formula is C15H15N5O2. The lowest BCUT2D eigenvalue weighted by molar-refractivity contribution is 0.102. The summed E-state index contributed by atoms with van der Waals surface area (Å²) >= 11 is 0. The van der Waals surface area contributed by atoms with Gasteiger partial charge in [-0.25, -0.2) is 5.53 Å². The molecule has 22 heavy (non-hydrogen) atoms.